The molecule has 2 aromatic rings. The van der Waals surface area contributed by atoms with Crippen LogP contribution in [0.3, 0.4) is 0 Å². The van der Waals surface area contributed by atoms with Gasteiger partial charge in [0.15, 0.2) is 0 Å². The first kappa shape index (κ1) is 24.9. The number of urea groups is 1. The van der Waals surface area contributed by atoms with Gasteiger partial charge in [-0.3, -0.25) is 9.59 Å². The first-order chi connectivity index (χ1) is 16.2. The van der Waals surface area contributed by atoms with Crippen LogP contribution in [0.4, 0.5) is 29.3 Å². The monoisotopic (exact) mass is 478 g/mol. The lowest BCUT2D eigenvalue weighted by atomic mass is 10.1. The van der Waals surface area contributed by atoms with E-state index in [0.29, 0.717) is 11.3 Å². The summed E-state index contributed by atoms with van der Waals surface area (Å²) in [4.78, 5) is 36.3. The summed E-state index contributed by atoms with van der Waals surface area (Å²) in [5, 5.41) is 10.5. The van der Waals surface area contributed by atoms with Gasteiger partial charge in [-0.25, -0.2) is 4.79 Å². The van der Waals surface area contributed by atoms with Crippen molar-refractivity contribution in [3.8, 4) is 5.75 Å². The van der Waals surface area contributed by atoms with Crippen molar-refractivity contribution in [2.45, 2.75) is 32.0 Å². The Kier molecular flexibility index (Phi) is 8.34. The third-order valence-electron chi connectivity index (χ3n) is 5.18. The highest BCUT2D eigenvalue weighted by Crippen LogP contribution is 2.26. The van der Waals surface area contributed by atoms with E-state index in [4.69, 9.17) is 0 Å². The molecule has 0 atom stereocenters. The van der Waals surface area contributed by atoms with Crippen molar-refractivity contribution in [1.82, 2.24) is 10.6 Å². The first-order valence-corrected chi connectivity index (χ1v) is 10.8. The number of halogens is 3. The molecule has 11 heteroatoms. The van der Waals surface area contributed by atoms with Crippen LogP contribution in [0.25, 0.3) is 0 Å². The number of carbonyl (C=O) groups excluding carboxylic acids is 3. The molecular weight excluding hydrogens is 453 g/mol. The van der Waals surface area contributed by atoms with Gasteiger partial charge in [-0.05, 0) is 61.4 Å². The highest BCUT2D eigenvalue weighted by molar-refractivity contribution is 5.96. The van der Waals surface area contributed by atoms with E-state index in [2.05, 4.69) is 26.0 Å². The van der Waals surface area contributed by atoms with Gasteiger partial charge >= 0.3 is 12.4 Å². The number of anilines is 2. The molecule has 1 aliphatic carbocycles. The second-order valence-corrected chi connectivity index (χ2v) is 7.76. The Hall–Kier alpha value is -3.76. The van der Waals surface area contributed by atoms with Gasteiger partial charge in [-0.15, -0.1) is 13.2 Å². The highest BCUT2D eigenvalue weighted by Gasteiger charge is 2.31. The number of ether oxygens (including phenoxy) is 1. The number of alkyl halides is 3. The van der Waals surface area contributed by atoms with Crippen LogP contribution in [0.15, 0.2) is 48.5 Å². The van der Waals surface area contributed by atoms with Gasteiger partial charge in [0.25, 0.3) is 5.91 Å². The lowest BCUT2D eigenvalue weighted by molar-refractivity contribution is -0.274. The predicted molar refractivity (Wildman–Crippen MR) is 120 cm³/mol. The van der Waals surface area contributed by atoms with Crippen LogP contribution < -0.4 is 26.0 Å². The lowest BCUT2D eigenvalue weighted by Crippen LogP contribution is -2.36. The van der Waals surface area contributed by atoms with Crippen molar-refractivity contribution in [1.29, 1.82) is 0 Å². The molecule has 2 aromatic carbocycles. The Morgan fingerprint density at radius 3 is 2.00 bits per heavy atom. The van der Waals surface area contributed by atoms with Crippen LogP contribution in [-0.2, 0) is 4.79 Å². The molecule has 0 heterocycles. The normalized spacial score (nSPS) is 13.7. The van der Waals surface area contributed by atoms with Crippen molar-refractivity contribution in [2.24, 2.45) is 5.92 Å². The maximum Gasteiger partial charge on any atom is 0.573 e. The minimum Gasteiger partial charge on any atom is -0.406 e. The third kappa shape index (κ3) is 7.98. The Balaban J connectivity index is 1.35. The van der Waals surface area contributed by atoms with Crippen molar-refractivity contribution < 1.29 is 32.3 Å². The summed E-state index contributed by atoms with van der Waals surface area (Å²) >= 11 is 0. The molecule has 8 nitrogen and oxygen atoms in total. The SMILES string of the molecule is O=C(NCCNC(=O)c1ccc(NC(=O)C2CCCC2)cc1)Nc1ccc(OC(F)(F)F)cc1. The summed E-state index contributed by atoms with van der Waals surface area (Å²) in [6, 6.07) is 10.6. The van der Waals surface area contributed by atoms with Crippen molar-refractivity contribution in [3.63, 3.8) is 0 Å². The summed E-state index contributed by atoms with van der Waals surface area (Å²) in [6.07, 6.45) is -0.837. The van der Waals surface area contributed by atoms with Crippen molar-refractivity contribution in [2.75, 3.05) is 23.7 Å². The zero-order valence-electron chi connectivity index (χ0n) is 18.2. The average Bonchev–Trinajstić information content (AvgIpc) is 3.33. The van der Waals surface area contributed by atoms with Gasteiger partial charge in [-0.1, -0.05) is 12.8 Å². The molecule has 34 heavy (non-hydrogen) atoms. The Morgan fingerprint density at radius 1 is 0.824 bits per heavy atom. The topological polar surface area (TPSA) is 109 Å². The van der Waals surface area contributed by atoms with E-state index >= 15 is 0 Å². The molecule has 0 bridgehead atoms. The highest BCUT2D eigenvalue weighted by atomic mass is 19.4. The molecule has 0 radical (unpaired) electrons. The zero-order chi connectivity index (χ0) is 24.6. The summed E-state index contributed by atoms with van der Waals surface area (Å²) in [6.45, 7) is 0.285. The molecule has 3 rings (SSSR count). The van der Waals surface area contributed by atoms with Gasteiger partial charge in [0.1, 0.15) is 5.75 Å². The third-order valence-corrected chi connectivity index (χ3v) is 5.18. The summed E-state index contributed by atoms with van der Waals surface area (Å²) in [5.74, 6) is -0.679. The number of nitrogens with one attached hydrogen (secondary N) is 4. The minimum absolute atomic E-state index is 0.00429. The quantitative estimate of drug-likeness (QED) is 0.425. The number of rotatable bonds is 8. The smallest absolute Gasteiger partial charge is 0.406 e. The van der Waals surface area contributed by atoms with E-state index < -0.39 is 18.1 Å². The van der Waals surface area contributed by atoms with Gasteiger partial charge in [0.2, 0.25) is 5.91 Å². The molecule has 0 aromatic heterocycles. The van der Waals surface area contributed by atoms with E-state index in [1.54, 1.807) is 24.3 Å². The van der Waals surface area contributed by atoms with Crippen LogP contribution in [0.1, 0.15) is 36.0 Å². The molecule has 4 amide bonds. The van der Waals surface area contributed by atoms with E-state index in [0.717, 1.165) is 37.8 Å². The molecule has 0 unspecified atom stereocenters. The number of carbonyl (C=O) groups is 3. The zero-order valence-corrected chi connectivity index (χ0v) is 18.2. The van der Waals surface area contributed by atoms with Gasteiger partial charge in [0, 0.05) is 35.9 Å². The molecule has 4 N–H and O–H groups in total. The lowest BCUT2D eigenvalue weighted by Gasteiger charge is -2.11. The summed E-state index contributed by atoms with van der Waals surface area (Å²) in [5.41, 5.74) is 1.31. The predicted octanol–water partition coefficient (Wildman–Crippen LogP) is 4.27. The van der Waals surface area contributed by atoms with Crippen molar-refractivity contribution >= 4 is 29.2 Å². The second-order valence-electron chi connectivity index (χ2n) is 7.76. The summed E-state index contributed by atoms with van der Waals surface area (Å²) in [7, 11) is 0. The first-order valence-electron chi connectivity index (χ1n) is 10.8. The minimum atomic E-state index is -4.79. The Labute approximate surface area is 194 Å². The van der Waals surface area contributed by atoms with Crippen molar-refractivity contribution in [3.05, 3.63) is 54.1 Å². The second kappa shape index (κ2) is 11.4. The Morgan fingerprint density at radius 2 is 1.38 bits per heavy atom. The fraction of sp³-hybridized carbons (Fsp3) is 0.348. The van der Waals surface area contributed by atoms with E-state index in [9.17, 15) is 27.6 Å². The maximum absolute atomic E-state index is 12.2. The molecular formula is C23H25F3N4O4. The van der Waals surface area contributed by atoms with Crippen LogP contribution in [0.5, 0.6) is 5.75 Å². The van der Waals surface area contributed by atoms with Crippen LogP contribution in [0, 0.1) is 5.92 Å². The van der Waals surface area contributed by atoms with E-state index in [-0.39, 0.29) is 36.5 Å². The number of amides is 4. The molecule has 0 aliphatic heterocycles. The van der Waals surface area contributed by atoms with Crippen LogP contribution >= 0.6 is 0 Å². The van der Waals surface area contributed by atoms with E-state index in [1.165, 1.54) is 12.1 Å². The molecule has 0 spiro atoms. The Bertz CT molecular complexity index is 989. The maximum atomic E-state index is 12.2. The number of hydrogen-bond acceptors (Lipinski definition) is 4. The molecule has 1 fully saturated rings. The number of hydrogen-bond donors (Lipinski definition) is 4. The van der Waals surface area contributed by atoms with Gasteiger partial charge in [0.05, 0.1) is 0 Å². The molecule has 0 saturated heterocycles. The van der Waals surface area contributed by atoms with Gasteiger partial charge < -0.3 is 26.0 Å². The number of benzene rings is 2. The standard InChI is InChI=1S/C23H25F3N4O4/c24-23(25,26)34-19-11-9-18(10-12-19)30-22(33)28-14-13-27-20(31)16-5-7-17(8-6-16)29-21(32)15-3-1-2-4-15/h5-12,15H,1-4,13-14H2,(H,27,31)(H,29,32)(H2,28,30,33). The molecule has 1 saturated carbocycles. The van der Waals surface area contributed by atoms with Crippen LogP contribution in [-0.4, -0.2) is 37.3 Å². The average molecular weight is 478 g/mol. The molecule has 1 aliphatic rings. The van der Waals surface area contributed by atoms with Gasteiger partial charge in [-0.2, -0.15) is 0 Å². The molecule has 182 valence electrons. The fourth-order valence-electron chi connectivity index (χ4n) is 3.51. The summed E-state index contributed by atoms with van der Waals surface area (Å²) < 4.78 is 40.2. The fourth-order valence-corrected chi connectivity index (χ4v) is 3.51. The largest absolute Gasteiger partial charge is 0.573 e. The van der Waals surface area contributed by atoms with E-state index in [1.807, 2.05) is 0 Å². The van der Waals surface area contributed by atoms with Crippen LogP contribution in [0.2, 0.25) is 0 Å².